The highest BCUT2D eigenvalue weighted by molar-refractivity contribution is 5.94. The zero-order valence-corrected chi connectivity index (χ0v) is 11.4. The molecule has 2 rings (SSSR count). The van der Waals surface area contributed by atoms with Crippen molar-refractivity contribution in [3.05, 3.63) is 29.6 Å². The minimum absolute atomic E-state index is 0.0332. The molecule has 0 radical (unpaired) electrons. The van der Waals surface area contributed by atoms with Gasteiger partial charge in [-0.15, -0.1) is 0 Å². The second-order valence-corrected chi connectivity index (χ2v) is 4.88. The fourth-order valence-electron chi connectivity index (χ4n) is 2.19. The molecule has 20 heavy (non-hydrogen) atoms. The van der Waals surface area contributed by atoms with Gasteiger partial charge in [0.05, 0.1) is 11.7 Å². The van der Waals surface area contributed by atoms with Crippen LogP contribution in [0, 0.1) is 6.92 Å². The zero-order chi connectivity index (χ0) is 14.5. The van der Waals surface area contributed by atoms with Crippen LogP contribution in [0.5, 0.6) is 0 Å². The molecule has 0 bridgehead atoms. The Morgan fingerprint density at radius 2 is 2.10 bits per heavy atom. The summed E-state index contributed by atoms with van der Waals surface area (Å²) in [6.45, 7) is 2.76. The number of aromatic nitrogens is 1. The van der Waals surface area contributed by atoms with E-state index in [0.29, 0.717) is 31.5 Å². The molecule has 1 aliphatic rings. The molecule has 1 N–H and O–H groups in total. The van der Waals surface area contributed by atoms with Crippen LogP contribution in [0.3, 0.4) is 0 Å². The molecule has 0 saturated carbocycles. The number of ether oxygens (including phenoxy) is 1. The lowest BCUT2D eigenvalue weighted by Gasteiger charge is -2.31. The summed E-state index contributed by atoms with van der Waals surface area (Å²) in [5.41, 5.74) is 1.46. The monoisotopic (exact) mass is 278 g/mol. The number of amides is 1. The fourth-order valence-corrected chi connectivity index (χ4v) is 2.19. The Kier molecular flexibility index (Phi) is 4.68. The summed E-state index contributed by atoms with van der Waals surface area (Å²) in [6, 6.07) is 3.59. The Morgan fingerprint density at radius 1 is 1.40 bits per heavy atom. The molecular weight excluding hydrogens is 260 g/mol. The number of carbonyl (C=O) groups excluding carboxylic acids is 1. The van der Waals surface area contributed by atoms with Crippen molar-refractivity contribution in [2.45, 2.75) is 25.9 Å². The number of carbonyl (C=O) groups is 2. The highest BCUT2D eigenvalue weighted by atomic mass is 16.5. The van der Waals surface area contributed by atoms with Crippen molar-refractivity contribution in [3.63, 3.8) is 0 Å². The molecule has 1 amide bonds. The van der Waals surface area contributed by atoms with Gasteiger partial charge in [0.15, 0.2) is 0 Å². The van der Waals surface area contributed by atoms with Gasteiger partial charge in [-0.1, -0.05) is 0 Å². The lowest BCUT2D eigenvalue weighted by Crippen LogP contribution is -2.41. The van der Waals surface area contributed by atoms with Crippen LogP contribution < -0.4 is 0 Å². The van der Waals surface area contributed by atoms with Crippen molar-refractivity contribution in [3.8, 4) is 0 Å². The largest absolute Gasteiger partial charge is 0.480 e. The minimum atomic E-state index is -0.964. The third-order valence-corrected chi connectivity index (χ3v) is 3.33. The van der Waals surface area contributed by atoms with Crippen LogP contribution in [0.1, 0.15) is 28.9 Å². The van der Waals surface area contributed by atoms with Crippen molar-refractivity contribution in [1.29, 1.82) is 0 Å². The Labute approximate surface area is 117 Å². The third-order valence-electron chi connectivity index (χ3n) is 3.33. The summed E-state index contributed by atoms with van der Waals surface area (Å²) < 4.78 is 5.24. The first-order chi connectivity index (χ1) is 9.56. The molecular formula is C14H18N2O4. The smallest absolute Gasteiger partial charge is 0.329 e. The number of hydrogen-bond donors (Lipinski definition) is 1. The van der Waals surface area contributed by atoms with Crippen LogP contribution in [0.2, 0.25) is 0 Å². The first-order valence-electron chi connectivity index (χ1n) is 6.61. The predicted molar refractivity (Wildman–Crippen MR) is 71.5 cm³/mol. The number of pyridine rings is 1. The molecule has 1 aromatic rings. The van der Waals surface area contributed by atoms with Gasteiger partial charge in [-0.2, -0.15) is 0 Å². The Morgan fingerprint density at radius 3 is 2.65 bits per heavy atom. The second-order valence-electron chi connectivity index (χ2n) is 4.88. The van der Waals surface area contributed by atoms with Crippen molar-refractivity contribution in [2.24, 2.45) is 0 Å². The molecule has 1 aromatic heterocycles. The summed E-state index contributed by atoms with van der Waals surface area (Å²) in [5, 5.41) is 8.56. The zero-order valence-electron chi connectivity index (χ0n) is 11.4. The lowest BCUT2D eigenvalue weighted by atomic mass is 10.1. The Bertz CT molecular complexity index is 478. The second kappa shape index (κ2) is 6.47. The maximum Gasteiger partial charge on any atom is 0.329 e. The maximum atomic E-state index is 12.2. The molecule has 0 aliphatic carbocycles. The summed E-state index contributed by atoms with van der Waals surface area (Å²) in [7, 11) is 0. The summed E-state index contributed by atoms with van der Waals surface area (Å²) in [5.74, 6) is -0.997. The van der Waals surface area contributed by atoms with E-state index in [2.05, 4.69) is 4.98 Å². The maximum absolute atomic E-state index is 12.2. The number of hydrogen-bond acceptors (Lipinski definition) is 4. The molecule has 0 unspecified atom stereocenters. The van der Waals surface area contributed by atoms with E-state index < -0.39 is 5.97 Å². The summed E-state index contributed by atoms with van der Waals surface area (Å²) in [6.07, 6.45) is 2.84. The molecule has 2 heterocycles. The van der Waals surface area contributed by atoms with Gasteiger partial charge >= 0.3 is 5.97 Å². The molecule has 108 valence electrons. The van der Waals surface area contributed by atoms with E-state index in [-0.39, 0.29) is 18.6 Å². The molecule has 1 fully saturated rings. The van der Waals surface area contributed by atoms with Gasteiger partial charge in [0.1, 0.15) is 6.61 Å². The van der Waals surface area contributed by atoms with Gasteiger partial charge in [-0.3, -0.25) is 9.78 Å². The van der Waals surface area contributed by atoms with Gasteiger partial charge < -0.3 is 14.7 Å². The van der Waals surface area contributed by atoms with Gasteiger partial charge in [0, 0.05) is 25.0 Å². The minimum Gasteiger partial charge on any atom is -0.480 e. The number of nitrogens with zero attached hydrogens (tertiary/aromatic N) is 2. The molecule has 1 saturated heterocycles. The number of carboxylic acids is 1. The Balaban J connectivity index is 1.85. The molecule has 0 atom stereocenters. The number of aryl methyl sites for hydroxylation is 1. The lowest BCUT2D eigenvalue weighted by molar-refractivity contribution is -0.145. The van der Waals surface area contributed by atoms with Crippen LogP contribution in [0.4, 0.5) is 0 Å². The van der Waals surface area contributed by atoms with E-state index in [4.69, 9.17) is 9.84 Å². The van der Waals surface area contributed by atoms with E-state index in [1.54, 1.807) is 17.2 Å². The highest BCUT2D eigenvalue weighted by Gasteiger charge is 2.24. The normalized spacial score (nSPS) is 16.1. The Hall–Kier alpha value is -1.95. The number of likely N-dealkylation sites (tertiary alicyclic amines) is 1. The van der Waals surface area contributed by atoms with Crippen molar-refractivity contribution in [2.75, 3.05) is 19.7 Å². The van der Waals surface area contributed by atoms with Gasteiger partial charge in [-0.05, 0) is 31.9 Å². The number of piperidine rings is 1. The van der Waals surface area contributed by atoms with Gasteiger partial charge in [-0.25, -0.2) is 4.79 Å². The molecule has 6 nitrogen and oxygen atoms in total. The van der Waals surface area contributed by atoms with Gasteiger partial charge in [0.25, 0.3) is 5.91 Å². The number of carboxylic acid groups (broad SMARTS) is 1. The fraction of sp³-hybridized carbons (Fsp3) is 0.500. The van der Waals surface area contributed by atoms with Gasteiger partial charge in [0.2, 0.25) is 0 Å². The van der Waals surface area contributed by atoms with Crippen molar-refractivity contribution in [1.82, 2.24) is 9.88 Å². The average molecular weight is 278 g/mol. The van der Waals surface area contributed by atoms with E-state index in [0.717, 1.165) is 5.69 Å². The van der Waals surface area contributed by atoms with E-state index in [1.807, 2.05) is 13.0 Å². The molecule has 0 spiro atoms. The van der Waals surface area contributed by atoms with E-state index >= 15 is 0 Å². The van der Waals surface area contributed by atoms with Crippen LogP contribution in [0.15, 0.2) is 18.3 Å². The quantitative estimate of drug-likeness (QED) is 0.892. The standard InChI is InChI=1S/C14H18N2O4/c1-10-2-3-11(8-15-10)14(19)16-6-4-12(5-7-16)20-9-13(17)18/h2-3,8,12H,4-7,9H2,1H3,(H,17,18). The van der Waals surface area contributed by atoms with Crippen LogP contribution in [0.25, 0.3) is 0 Å². The predicted octanol–water partition coefficient (Wildman–Crippen LogP) is 1.10. The topological polar surface area (TPSA) is 79.7 Å². The molecule has 0 aromatic carbocycles. The SMILES string of the molecule is Cc1ccc(C(=O)N2CCC(OCC(=O)O)CC2)cn1. The third kappa shape index (κ3) is 3.77. The average Bonchev–Trinajstić information content (AvgIpc) is 2.46. The summed E-state index contributed by atoms with van der Waals surface area (Å²) >= 11 is 0. The molecule has 6 heteroatoms. The van der Waals surface area contributed by atoms with Crippen molar-refractivity contribution < 1.29 is 19.4 Å². The van der Waals surface area contributed by atoms with Crippen LogP contribution in [-0.4, -0.2) is 52.7 Å². The number of aliphatic carboxylic acids is 1. The molecule has 1 aliphatic heterocycles. The van der Waals surface area contributed by atoms with Crippen LogP contribution in [-0.2, 0) is 9.53 Å². The van der Waals surface area contributed by atoms with Crippen molar-refractivity contribution >= 4 is 11.9 Å². The highest BCUT2D eigenvalue weighted by Crippen LogP contribution is 2.16. The van der Waals surface area contributed by atoms with E-state index in [9.17, 15) is 9.59 Å². The van der Waals surface area contributed by atoms with Crippen LogP contribution >= 0.6 is 0 Å². The van der Waals surface area contributed by atoms with E-state index in [1.165, 1.54) is 0 Å². The number of rotatable bonds is 4. The first kappa shape index (κ1) is 14.5. The first-order valence-corrected chi connectivity index (χ1v) is 6.61. The summed E-state index contributed by atoms with van der Waals surface area (Å²) in [4.78, 5) is 28.5.